The van der Waals surface area contributed by atoms with E-state index in [1.54, 1.807) is 0 Å². The third kappa shape index (κ3) is 5.74. The van der Waals surface area contributed by atoms with Crippen LogP contribution in [0.5, 0.6) is 0 Å². The van der Waals surface area contributed by atoms with Crippen LogP contribution in [0.2, 0.25) is 0 Å². The van der Waals surface area contributed by atoms with Gasteiger partial charge in [0.05, 0.1) is 16.8 Å². The van der Waals surface area contributed by atoms with E-state index in [0.29, 0.717) is 5.82 Å². The lowest BCUT2D eigenvalue weighted by Gasteiger charge is -2.33. The Labute approximate surface area is 360 Å². The molecule has 3 nitrogen and oxygen atoms in total. The molecule has 0 amide bonds. The molecule has 1 aliphatic carbocycles. The van der Waals surface area contributed by atoms with Crippen LogP contribution in [-0.4, -0.2) is 9.97 Å². The van der Waals surface area contributed by atoms with Gasteiger partial charge in [0.25, 0.3) is 0 Å². The van der Waals surface area contributed by atoms with Gasteiger partial charge >= 0.3 is 0 Å². The highest BCUT2D eigenvalue weighted by atomic mass is 16.3. The van der Waals surface area contributed by atoms with Crippen LogP contribution in [0.1, 0.15) is 22.3 Å². The number of fused-ring (bicyclic) bond motifs is 6. The van der Waals surface area contributed by atoms with E-state index in [2.05, 4.69) is 200 Å². The van der Waals surface area contributed by atoms with E-state index in [0.717, 1.165) is 61.1 Å². The molecule has 0 atom stereocenters. The first kappa shape index (κ1) is 35.8. The third-order valence-corrected chi connectivity index (χ3v) is 12.6. The van der Waals surface area contributed by atoms with Crippen LogP contribution in [0.3, 0.4) is 0 Å². The summed E-state index contributed by atoms with van der Waals surface area (Å²) in [6.07, 6.45) is 0. The van der Waals surface area contributed by atoms with Gasteiger partial charge in [-0.3, -0.25) is 0 Å². The second kappa shape index (κ2) is 14.5. The van der Waals surface area contributed by atoms with Gasteiger partial charge in [-0.25, -0.2) is 9.97 Å². The molecule has 9 aromatic carbocycles. The Morgan fingerprint density at radius 3 is 1.55 bits per heavy atom. The largest absolute Gasteiger partial charge is 0.456 e. The Kier molecular flexibility index (Phi) is 8.39. The van der Waals surface area contributed by atoms with Gasteiger partial charge in [0.2, 0.25) is 0 Å². The molecule has 11 aromatic rings. The average Bonchev–Trinajstić information content (AvgIpc) is 3.88. The van der Waals surface area contributed by atoms with Crippen LogP contribution in [-0.2, 0) is 5.41 Å². The van der Waals surface area contributed by atoms with E-state index in [9.17, 15) is 0 Å². The second-order valence-corrected chi connectivity index (χ2v) is 16.0. The number of rotatable bonds is 7. The molecule has 0 saturated heterocycles. The normalized spacial score (nSPS) is 12.6. The van der Waals surface area contributed by atoms with Gasteiger partial charge in [0.1, 0.15) is 11.2 Å². The second-order valence-electron chi connectivity index (χ2n) is 16.0. The number of benzene rings is 9. The molecule has 12 rings (SSSR count). The summed E-state index contributed by atoms with van der Waals surface area (Å²) >= 11 is 0. The summed E-state index contributed by atoms with van der Waals surface area (Å²) < 4.78 is 6.15. The fourth-order valence-corrected chi connectivity index (χ4v) is 9.77. The summed E-state index contributed by atoms with van der Waals surface area (Å²) in [5, 5.41) is 2.25. The van der Waals surface area contributed by atoms with Crippen LogP contribution in [0.4, 0.5) is 0 Å². The van der Waals surface area contributed by atoms with Crippen LogP contribution >= 0.6 is 0 Å². The van der Waals surface area contributed by atoms with E-state index in [1.807, 2.05) is 30.3 Å². The standard InChI is InChI=1S/C59H38N2O/c1-4-16-41(17-5-1)58-60-54(40-30-28-39(29-31-40)46-22-10-11-23-47(46)42-33-35-57-51(36-42)49-25-13-15-27-56(49)62-57)38-55(61-58)43-32-34-53-50(37-43)48-24-12-14-26-52(48)59(53,44-18-6-2-7-19-44)45-20-8-3-9-21-45/h1-38H. The molecule has 0 radical (unpaired) electrons. The maximum Gasteiger partial charge on any atom is 0.160 e. The van der Waals surface area contributed by atoms with E-state index in [1.165, 1.54) is 44.5 Å². The zero-order valence-electron chi connectivity index (χ0n) is 33.7. The number of hydrogen-bond donors (Lipinski definition) is 0. The summed E-state index contributed by atoms with van der Waals surface area (Å²) in [6, 6.07) is 82.2. The molecule has 0 aliphatic heterocycles. The van der Waals surface area contributed by atoms with Gasteiger partial charge in [-0.05, 0) is 86.0 Å². The Hall–Kier alpha value is -8.14. The highest BCUT2D eigenvalue weighted by Crippen LogP contribution is 2.56. The molecule has 290 valence electrons. The lowest BCUT2D eigenvalue weighted by Crippen LogP contribution is -2.28. The molecule has 0 fully saturated rings. The van der Waals surface area contributed by atoms with Gasteiger partial charge in [-0.1, -0.05) is 200 Å². The summed E-state index contributed by atoms with van der Waals surface area (Å²) in [5.74, 6) is 0.693. The van der Waals surface area contributed by atoms with Crippen molar-refractivity contribution in [3.63, 3.8) is 0 Å². The molecule has 1 aliphatic rings. The SMILES string of the molecule is c1ccc(-c2nc(-c3ccc(-c4ccccc4-c4ccc5oc6ccccc6c5c4)cc3)cc(-c3ccc4c(c3)-c3ccccc3C4(c3ccccc3)c3ccccc3)n2)cc1. The maximum absolute atomic E-state index is 6.15. The van der Waals surface area contributed by atoms with Crippen molar-refractivity contribution in [1.29, 1.82) is 0 Å². The molecular weight excluding hydrogens is 753 g/mol. The molecule has 62 heavy (non-hydrogen) atoms. The van der Waals surface area contributed by atoms with Crippen molar-refractivity contribution < 1.29 is 4.42 Å². The van der Waals surface area contributed by atoms with Gasteiger partial charge in [0, 0.05) is 27.5 Å². The minimum Gasteiger partial charge on any atom is -0.456 e. The van der Waals surface area contributed by atoms with Crippen molar-refractivity contribution in [2.45, 2.75) is 5.41 Å². The molecule has 0 bridgehead atoms. The minimum atomic E-state index is -0.459. The summed E-state index contributed by atoms with van der Waals surface area (Å²) in [4.78, 5) is 10.5. The highest BCUT2D eigenvalue weighted by Gasteiger charge is 2.46. The van der Waals surface area contributed by atoms with E-state index < -0.39 is 5.41 Å². The van der Waals surface area contributed by atoms with Gasteiger partial charge in [-0.2, -0.15) is 0 Å². The number of hydrogen-bond acceptors (Lipinski definition) is 3. The minimum absolute atomic E-state index is 0.459. The van der Waals surface area contributed by atoms with Crippen molar-refractivity contribution in [3.8, 4) is 67.3 Å². The molecule has 2 heterocycles. The van der Waals surface area contributed by atoms with Crippen molar-refractivity contribution in [1.82, 2.24) is 9.97 Å². The van der Waals surface area contributed by atoms with Gasteiger partial charge in [0.15, 0.2) is 5.82 Å². The highest BCUT2D eigenvalue weighted by molar-refractivity contribution is 6.06. The third-order valence-electron chi connectivity index (χ3n) is 12.6. The average molecular weight is 791 g/mol. The van der Waals surface area contributed by atoms with Crippen LogP contribution in [0, 0.1) is 0 Å². The Morgan fingerprint density at radius 2 is 0.823 bits per heavy atom. The van der Waals surface area contributed by atoms with Crippen LogP contribution in [0.25, 0.3) is 89.2 Å². The smallest absolute Gasteiger partial charge is 0.160 e. The van der Waals surface area contributed by atoms with E-state index in [-0.39, 0.29) is 0 Å². The zero-order valence-corrected chi connectivity index (χ0v) is 33.7. The topological polar surface area (TPSA) is 38.9 Å². The first-order valence-electron chi connectivity index (χ1n) is 21.1. The van der Waals surface area contributed by atoms with E-state index in [4.69, 9.17) is 14.4 Å². The lowest BCUT2D eigenvalue weighted by atomic mass is 9.67. The molecule has 3 heteroatoms. The van der Waals surface area contributed by atoms with Crippen LogP contribution in [0.15, 0.2) is 235 Å². The molecule has 0 saturated carbocycles. The Morgan fingerprint density at radius 1 is 0.306 bits per heavy atom. The zero-order chi connectivity index (χ0) is 41.0. The fourth-order valence-electron chi connectivity index (χ4n) is 9.77. The first-order valence-corrected chi connectivity index (χ1v) is 21.1. The molecular formula is C59H38N2O. The predicted molar refractivity (Wildman–Crippen MR) is 254 cm³/mol. The van der Waals surface area contributed by atoms with Crippen molar-refractivity contribution in [2.75, 3.05) is 0 Å². The quantitative estimate of drug-likeness (QED) is 0.161. The van der Waals surface area contributed by atoms with Crippen molar-refractivity contribution in [3.05, 3.63) is 253 Å². The van der Waals surface area contributed by atoms with Crippen molar-refractivity contribution in [2.24, 2.45) is 0 Å². The molecule has 2 aromatic heterocycles. The summed E-state index contributed by atoms with van der Waals surface area (Å²) in [5.41, 5.74) is 18.3. The lowest BCUT2D eigenvalue weighted by molar-refractivity contribution is 0.669. The predicted octanol–water partition coefficient (Wildman–Crippen LogP) is 15.1. The number of nitrogens with zero attached hydrogens (tertiary/aromatic N) is 2. The Balaban J connectivity index is 0.969. The van der Waals surface area contributed by atoms with Gasteiger partial charge < -0.3 is 4.42 Å². The summed E-state index contributed by atoms with van der Waals surface area (Å²) in [6.45, 7) is 0. The molecule has 0 N–H and O–H groups in total. The first-order chi connectivity index (χ1) is 30.7. The number of aromatic nitrogens is 2. The molecule has 0 unspecified atom stereocenters. The van der Waals surface area contributed by atoms with Crippen molar-refractivity contribution >= 4 is 21.9 Å². The van der Waals surface area contributed by atoms with Gasteiger partial charge in [-0.15, -0.1) is 0 Å². The number of para-hydroxylation sites is 1. The monoisotopic (exact) mass is 790 g/mol. The molecule has 0 spiro atoms. The number of furan rings is 1. The summed E-state index contributed by atoms with van der Waals surface area (Å²) in [7, 11) is 0. The van der Waals surface area contributed by atoms with E-state index >= 15 is 0 Å². The Bertz CT molecular complexity index is 3400. The fraction of sp³-hybridized carbons (Fsp3) is 0.0169. The maximum atomic E-state index is 6.15. The van der Waals surface area contributed by atoms with Crippen LogP contribution < -0.4 is 0 Å².